The quantitative estimate of drug-likeness (QED) is 0.702. The zero-order valence-corrected chi connectivity index (χ0v) is 13.4. The van der Waals surface area contributed by atoms with E-state index in [1.165, 1.54) is 32.5 Å². The maximum absolute atomic E-state index is 2.88. The minimum absolute atomic E-state index is 1.14. The molecular weight excluding hydrogens is 216 g/mol. The summed E-state index contributed by atoms with van der Waals surface area (Å²) in [5, 5.41) is 0. The summed E-state index contributed by atoms with van der Waals surface area (Å²) in [6.07, 6.45) is 2.83. The van der Waals surface area contributed by atoms with Crippen molar-refractivity contribution in [1.82, 2.24) is 8.80 Å². The van der Waals surface area contributed by atoms with E-state index >= 15 is 0 Å². The van der Waals surface area contributed by atoms with Gasteiger partial charge in [0.2, 0.25) is 0 Å². The van der Waals surface area contributed by atoms with Crippen LogP contribution in [0.3, 0.4) is 0 Å². The van der Waals surface area contributed by atoms with E-state index < -0.39 is 16.6 Å². The highest BCUT2D eigenvalue weighted by Crippen LogP contribution is 2.25. The molecule has 4 heteroatoms. The van der Waals surface area contributed by atoms with Crippen LogP contribution in [-0.2, 0) is 0 Å². The van der Waals surface area contributed by atoms with Crippen molar-refractivity contribution >= 4 is 16.6 Å². The van der Waals surface area contributed by atoms with Crippen molar-refractivity contribution in [3.63, 3.8) is 0 Å². The first-order valence-electron chi connectivity index (χ1n) is 6.33. The van der Waals surface area contributed by atoms with Crippen molar-refractivity contribution < 1.29 is 0 Å². The number of nitrogens with zero attached hydrogens (tertiary/aromatic N) is 2. The summed E-state index contributed by atoms with van der Waals surface area (Å²) in [6.45, 7) is 18.8. The smallest absolute Gasteiger partial charge is 0.193 e. The van der Waals surface area contributed by atoms with Gasteiger partial charge in [0, 0.05) is 0 Å². The molecule has 15 heavy (non-hydrogen) atoms. The van der Waals surface area contributed by atoms with Crippen molar-refractivity contribution in [2.75, 3.05) is 19.6 Å². The lowest BCUT2D eigenvalue weighted by Gasteiger charge is -2.49. The summed E-state index contributed by atoms with van der Waals surface area (Å²) in [7, 11) is -2.44. The lowest BCUT2D eigenvalue weighted by Crippen LogP contribution is -2.68. The van der Waals surface area contributed by atoms with Gasteiger partial charge in [-0.15, -0.1) is 0 Å². The van der Waals surface area contributed by atoms with Crippen molar-refractivity contribution in [1.29, 1.82) is 0 Å². The van der Waals surface area contributed by atoms with E-state index in [-0.39, 0.29) is 0 Å². The fourth-order valence-electron chi connectivity index (χ4n) is 3.12. The molecule has 90 valence electrons. The van der Waals surface area contributed by atoms with Crippen molar-refractivity contribution in [2.24, 2.45) is 0 Å². The fourth-order valence-corrected chi connectivity index (χ4v) is 13.6. The average molecular weight is 245 g/mol. The van der Waals surface area contributed by atoms with Gasteiger partial charge in [0.05, 0.1) is 0 Å². The predicted octanol–water partition coefficient (Wildman–Crippen LogP) is 2.94. The molecule has 2 nitrogen and oxygen atoms in total. The third-order valence-corrected chi connectivity index (χ3v) is 12.9. The largest absolute Gasteiger partial charge is 0.334 e. The molecule has 1 aliphatic heterocycles. The topological polar surface area (TPSA) is 6.48 Å². The maximum atomic E-state index is 2.88. The summed E-state index contributed by atoms with van der Waals surface area (Å²) >= 11 is 0. The number of rotatable bonds is 4. The van der Waals surface area contributed by atoms with Crippen molar-refractivity contribution in [3.8, 4) is 0 Å². The highest BCUT2D eigenvalue weighted by molar-refractivity contribution is 6.88. The first-order valence-corrected chi connectivity index (χ1v) is 12.7. The minimum Gasteiger partial charge on any atom is -0.334 e. The summed E-state index contributed by atoms with van der Waals surface area (Å²) in [5.41, 5.74) is 0. The Bertz CT molecular complexity index is 205. The molecule has 0 atom stereocenters. The first kappa shape index (κ1) is 13.4. The van der Waals surface area contributed by atoms with Gasteiger partial charge in [0.25, 0.3) is 0 Å². The van der Waals surface area contributed by atoms with Crippen LogP contribution in [0.5, 0.6) is 0 Å². The van der Waals surface area contributed by atoms with Crippen LogP contribution in [0, 0.1) is 0 Å². The van der Waals surface area contributed by atoms with Gasteiger partial charge in [-0.25, -0.2) is 0 Å². The van der Waals surface area contributed by atoms with Crippen LogP contribution in [0.4, 0.5) is 0 Å². The molecule has 0 bridgehead atoms. The van der Waals surface area contributed by atoms with Crippen LogP contribution in [0.1, 0.15) is 19.8 Å². The molecule has 0 saturated carbocycles. The molecule has 1 fully saturated rings. The van der Waals surface area contributed by atoms with Crippen LogP contribution < -0.4 is 0 Å². The van der Waals surface area contributed by atoms with Gasteiger partial charge in [-0.05, 0) is 45.6 Å². The second-order valence-electron chi connectivity index (χ2n) is 6.10. The first-order chi connectivity index (χ1) is 6.80. The van der Waals surface area contributed by atoms with E-state index in [0.717, 1.165) is 0 Å². The molecule has 0 aliphatic carbocycles. The predicted molar refractivity (Wildman–Crippen MR) is 74.0 cm³/mol. The highest BCUT2D eigenvalue weighted by Gasteiger charge is 2.42. The lowest BCUT2D eigenvalue weighted by molar-refractivity contribution is 0.454. The van der Waals surface area contributed by atoms with Crippen LogP contribution >= 0.6 is 0 Å². The zero-order valence-electron chi connectivity index (χ0n) is 11.4. The van der Waals surface area contributed by atoms with Gasteiger partial charge in [0.1, 0.15) is 8.24 Å². The Balaban J connectivity index is 2.80. The van der Waals surface area contributed by atoms with E-state index in [0.29, 0.717) is 0 Å². The normalized spacial score (nSPS) is 20.2. The molecule has 1 saturated heterocycles. The SMILES string of the molecule is CCN([Si](C)(C)C)[Si](C)(C)N1CCCC1. The van der Waals surface area contributed by atoms with Gasteiger partial charge < -0.3 is 8.80 Å². The average Bonchev–Trinajstić information content (AvgIpc) is 2.52. The van der Waals surface area contributed by atoms with Crippen LogP contribution in [0.2, 0.25) is 32.7 Å². The Labute approximate surface area is 97.9 Å². The molecule has 0 amide bonds. The molecule has 0 radical (unpaired) electrons. The van der Waals surface area contributed by atoms with Crippen LogP contribution in [-0.4, -0.2) is 45.1 Å². The Morgan fingerprint density at radius 3 is 1.80 bits per heavy atom. The maximum Gasteiger partial charge on any atom is 0.193 e. The van der Waals surface area contributed by atoms with E-state index in [1.54, 1.807) is 0 Å². The third kappa shape index (κ3) is 2.93. The van der Waals surface area contributed by atoms with E-state index in [1.807, 2.05) is 0 Å². The van der Waals surface area contributed by atoms with Crippen molar-refractivity contribution in [2.45, 2.75) is 52.5 Å². The fraction of sp³-hybridized carbons (Fsp3) is 1.00. The molecule has 0 unspecified atom stereocenters. The zero-order chi connectivity index (χ0) is 11.7. The Morgan fingerprint density at radius 1 is 1.00 bits per heavy atom. The molecule has 0 aromatic carbocycles. The number of hydrogen-bond acceptors (Lipinski definition) is 2. The molecule has 1 aliphatic rings. The third-order valence-electron chi connectivity index (χ3n) is 3.67. The highest BCUT2D eigenvalue weighted by atomic mass is 28.4. The second kappa shape index (κ2) is 4.69. The molecule has 0 N–H and O–H groups in total. The Hall–Kier alpha value is 0.354. The van der Waals surface area contributed by atoms with Crippen LogP contribution in [0.25, 0.3) is 0 Å². The molecular formula is C11H28N2Si2. The van der Waals surface area contributed by atoms with E-state index in [9.17, 15) is 0 Å². The van der Waals surface area contributed by atoms with Gasteiger partial charge >= 0.3 is 0 Å². The Morgan fingerprint density at radius 2 is 1.47 bits per heavy atom. The summed E-state index contributed by atoms with van der Waals surface area (Å²) < 4.78 is 5.68. The summed E-state index contributed by atoms with van der Waals surface area (Å²) in [5.74, 6) is 0. The van der Waals surface area contributed by atoms with E-state index in [2.05, 4.69) is 48.5 Å². The Kier molecular flexibility index (Phi) is 4.20. The van der Waals surface area contributed by atoms with Gasteiger partial charge in [0.15, 0.2) is 8.40 Å². The van der Waals surface area contributed by atoms with Crippen LogP contribution in [0.15, 0.2) is 0 Å². The molecule has 0 aromatic heterocycles. The lowest BCUT2D eigenvalue weighted by atomic mass is 10.4. The summed E-state index contributed by atoms with van der Waals surface area (Å²) in [6, 6.07) is 0. The second-order valence-corrected chi connectivity index (χ2v) is 15.6. The molecule has 1 heterocycles. The minimum atomic E-state index is -1.31. The summed E-state index contributed by atoms with van der Waals surface area (Å²) in [4.78, 5) is 0. The van der Waals surface area contributed by atoms with Gasteiger partial charge in [-0.1, -0.05) is 26.6 Å². The van der Waals surface area contributed by atoms with Crippen molar-refractivity contribution in [3.05, 3.63) is 0 Å². The molecule has 0 spiro atoms. The molecule has 1 rings (SSSR count). The van der Waals surface area contributed by atoms with Gasteiger partial charge in [-0.2, -0.15) is 0 Å². The van der Waals surface area contributed by atoms with E-state index in [4.69, 9.17) is 0 Å². The monoisotopic (exact) mass is 244 g/mol. The van der Waals surface area contributed by atoms with Gasteiger partial charge in [-0.3, -0.25) is 0 Å². The molecule has 0 aromatic rings. The standard InChI is InChI=1S/C11H28N2Si2/c1-7-13(14(2,3)4)15(5,6)12-10-8-9-11-12/h7-11H2,1-6H3. The number of hydrogen-bond donors (Lipinski definition) is 0.